The Labute approximate surface area is 190 Å². The highest BCUT2D eigenvalue weighted by Crippen LogP contribution is 2.34. The normalized spacial score (nSPS) is 19.3. The largest absolute Gasteiger partial charge is 0.379 e. The summed E-state index contributed by atoms with van der Waals surface area (Å²) in [7, 11) is -0.617. The Morgan fingerprint density at radius 1 is 1.32 bits per heavy atom. The molecule has 2 atom stereocenters. The molecule has 0 bridgehead atoms. The van der Waals surface area contributed by atoms with Crippen molar-refractivity contribution in [3.8, 4) is 0 Å². The van der Waals surface area contributed by atoms with Crippen LogP contribution in [0.25, 0.3) is 0 Å². The van der Waals surface area contributed by atoms with Crippen LogP contribution in [-0.4, -0.2) is 51.0 Å². The quantitative estimate of drug-likeness (QED) is 0.444. The molecule has 31 heavy (non-hydrogen) atoms. The zero-order chi connectivity index (χ0) is 22.8. The van der Waals surface area contributed by atoms with Crippen LogP contribution in [0.2, 0.25) is 5.02 Å². The second-order valence-corrected chi connectivity index (χ2v) is 10.5. The number of benzene rings is 1. The van der Waals surface area contributed by atoms with Gasteiger partial charge < -0.3 is 15.1 Å². The smallest absolute Gasteiger partial charge is 0.322 e. The molecule has 1 aliphatic carbocycles. The molecule has 1 saturated carbocycles. The van der Waals surface area contributed by atoms with Crippen molar-refractivity contribution in [2.24, 2.45) is 0 Å². The van der Waals surface area contributed by atoms with Gasteiger partial charge in [-0.1, -0.05) is 28.9 Å². The number of nitrogens with one attached hydrogen (secondary N) is 1. The van der Waals surface area contributed by atoms with Gasteiger partial charge in [-0.05, 0) is 46.0 Å². The molecule has 1 N–H and O–H groups in total. The van der Waals surface area contributed by atoms with Gasteiger partial charge in [-0.15, -0.1) is 11.3 Å². The highest BCUT2D eigenvalue weighted by atomic mass is 35.5. The fourth-order valence-corrected chi connectivity index (χ4v) is 6.20. The zero-order valence-electron chi connectivity index (χ0n) is 17.3. The Hall–Kier alpha value is -1.95. The number of halogens is 2. The van der Waals surface area contributed by atoms with Gasteiger partial charge in [0.1, 0.15) is 10.7 Å². The van der Waals surface area contributed by atoms with Crippen molar-refractivity contribution in [2.75, 3.05) is 23.9 Å². The third-order valence-electron chi connectivity index (χ3n) is 5.15. The molecule has 0 radical (unpaired) electrons. The molecule has 1 fully saturated rings. The van der Waals surface area contributed by atoms with Crippen LogP contribution >= 0.6 is 22.9 Å². The van der Waals surface area contributed by atoms with Crippen LogP contribution in [0, 0.1) is 12.7 Å². The molecule has 0 unspecified atom stereocenters. The van der Waals surface area contributed by atoms with E-state index in [0.29, 0.717) is 15.8 Å². The average molecular weight is 491 g/mol. The molecule has 1 aromatic heterocycles. The summed E-state index contributed by atoms with van der Waals surface area (Å²) in [4.78, 5) is 20.9. The summed E-state index contributed by atoms with van der Waals surface area (Å²) in [5.74, 6) is -1.02. The number of aryl methyl sites for hydroxylation is 1. The topological polar surface area (TPSA) is 91.8 Å². The molecule has 0 aliphatic heterocycles. The number of thiazole rings is 1. The van der Waals surface area contributed by atoms with Gasteiger partial charge in [-0.2, -0.15) is 8.42 Å². The lowest BCUT2D eigenvalue weighted by Gasteiger charge is -2.37. The van der Waals surface area contributed by atoms with Crippen molar-refractivity contribution in [3.63, 3.8) is 0 Å². The lowest BCUT2D eigenvalue weighted by molar-refractivity contribution is -0.128. The molecular weight excluding hydrogens is 467 g/mol. The van der Waals surface area contributed by atoms with Crippen LogP contribution in [0.5, 0.6) is 0 Å². The number of carbonyl (C=O) groups is 1. The van der Waals surface area contributed by atoms with E-state index in [0.717, 1.165) is 49.2 Å². The Kier molecular flexibility index (Phi) is 7.40. The molecule has 1 aromatic carbocycles. The van der Waals surface area contributed by atoms with E-state index in [1.165, 1.54) is 0 Å². The highest BCUT2D eigenvalue weighted by molar-refractivity contribution is 7.92. The number of aromatic nitrogens is 1. The summed E-state index contributed by atoms with van der Waals surface area (Å²) in [6.45, 7) is 1.59. The van der Waals surface area contributed by atoms with Gasteiger partial charge in [-0.3, -0.25) is 4.79 Å². The molecule has 0 amide bonds. The highest BCUT2D eigenvalue weighted by Gasteiger charge is 2.34. The molecular formula is C19H24ClFN4O4S2. The first kappa shape index (κ1) is 23.7. The van der Waals surface area contributed by atoms with Gasteiger partial charge in [0.05, 0.1) is 16.4 Å². The minimum Gasteiger partial charge on any atom is -0.379 e. The monoisotopic (exact) mass is 490 g/mol. The fourth-order valence-electron chi connectivity index (χ4n) is 3.69. The number of carbonyl (C=O) groups excluding carboxylic acids is 1. The molecule has 0 spiro atoms. The van der Waals surface area contributed by atoms with E-state index < -0.39 is 20.7 Å². The Bertz CT molecular complexity index is 1050. The van der Waals surface area contributed by atoms with E-state index in [2.05, 4.69) is 20.0 Å². The maximum absolute atomic E-state index is 15.0. The lowest BCUT2D eigenvalue weighted by Crippen LogP contribution is -2.45. The van der Waals surface area contributed by atoms with Crippen LogP contribution in [0.3, 0.4) is 0 Å². The van der Waals surface area contributed by atoms with Crippen molar-refractivity contribution in [2.45, 2.75) is 49.6 Å². The van der Waals surface area contributed by atoms with E-state index in [9.17, 15) is 17.6 Å². The van der Waals surface area contributed by atoms with Gasteiger partial charge >= 0.3 is 16.5 Å². The van der Waals surface area contributed by atoms with Crippen molar-refractivity contribution in [1.29, 1.82) is 0 Å². The maximum Gasteiger partial charge on any atom is 0.322 e. The predicted molar refractivity (Wildman–Crippen MR) is 118 cm³/mol. The van der Waals surface area contributed by atoms with Crippen LogP contribution in [0.4, 0.5) is 15.2 Å². The molecule has 12 heteroatoms. The van der Waals surface area contributed by atoms with Crippen molar-refractivity contribution in [1.82, 2.24) is 9.88 Å². The van der Waals surface area contributed by atoms with E-state index >= 15 is 0 Å². The lowest BCUT2D eigenvalue weighted by atomic mass is 9.89. The fraction of sp³-hybridized carbons (Fsp3) is 0.474. The van der Waals surface area contributed by atoms with Gasteiger partial charge in [0.25, 0.3) is 0 Å². The van der Waals surface area contributed by atoms with Gasteiger partial charge in [0, 0.05) is 17.5 Å². The summed E-state index contributed by atoms with van der Waals surface area (Å²) in [6.07, 6.45) is 4.05. The van der Waals surface area contributed by atoms with Crippen LogP contribution < -0.4 is 9.79 Å². The Morgan fingerprint density at radius 2 is 2.03 bits per heavy atom. The predicted octanol–water partition coefficient (Wildman–Crippen LogP) is 3.81. The Morgan fingerprint density at radius 3 is 2.65 bits per heavy atom. The molecule has 8 nitrogen and oxygen atoms in total. The second-order valence-electron chi connectivity index (χ2n) is 7.53. The summed E-state index contributed by atoms with van der Waals surface area (Å²) in [5.41, 5.74) is 0.834. The number of hydrogen-bond acceptors (Lipinski definition) is 8. The van der Waals surface area contributed by atoms with E-state index in [1.54, 1.807) is 12.3 Å². The molecule has 3 rings (SSSR count). The Balaban J connectivity index is 1.94. The van der Waals surface area contributed by atoms with Crippen LogP contribution in [0.1, 0.15) is 31.4 Å². The molecule has 0 saturated heterocycles. The minimum absolute atomic E-state index is 0.0458. The third kappa shape index (κ3) is 5.11. The maximum atomic E-state index is 15.0. The number of nitrogens with zero attached hydrogens (tertiary/aromatic N) is 3. The number of rotatable bonds is 8. The molecule has 170 valence electrons. The second kappa shape index (κ2) is 9.68. The number of hydrogen-bond donors (Lipinski definition) is 1. The summed E-state index contributed by atoms with van der Waals surface area (Å²) in [5, 5.41) is 4.77. The minimum atomic E-state index is -4.60. The molecule has 1 heterocycles. The molecule has 1 aliphatic rings. The average Bonchev–Trinajstić information content (AvgIpc) is 3.14. The van der Waals surface area contributed by atoms with Gasteiger partial charge in [0.15, 0.2) is 0 Å². The standard InChI is InChI=1S/C19H24ClFN4O4S2/c1-12-10-30-19(22-12)25(29-11-26)31(27,28)18-8-13(20)16(9-14(18)21)23-15-6-4-5-7-17(15)24(2)3/h8-11,15,17,23H,4-7H2,1-3H3/t15-,17-/m0/s1. The first-order chi connectivity index (χ1) is 14.6. The number of sulfonamides is 1. The van der Waals surface area contributed by atoms with Gasteiger partial charge in [-0.25, -0.2) is 9.37 Å². The van der Waals surface area contributed by atoms with E-state index in [4.69, 9.17) is 11.6 Å². The summed E-state index contributed by atoms with van der Waals surface area (Å²) >= 11 is 7.27. The van der Waals surface area contributed by atoms with Crippen molar-refractivity contribution < 1.29 is 22.4 Å². The van der Waals surface area contributed by atoms with E-state index in [-0.39, 0.29) is 28.7 Å². The molecule has 2 aromatic rings. The van der Waals surface area contributed by atoms with Gasteiger partial charge in [0.2, 0.25) is 5.13 Å². The van der Waals surface area contributed by atoms with Crippen molar-refractivity contribution >= 4 is 50.3 Å². The number of likely N-dealkylation sites (N-methyl/N-ethyl adjacent to an activating group) is 1. The first-order valence-corrected chi connectivity index (χ1v) is 12.3. The zero-order valence-corrected chi connectivity index (χ0v) is 19.7. The number of anilines is 2. The first-order valence-electron chi connectivity index (χ1n) is 9.65. The van der Waals surface area contributed by atoms with Crippen LogP contribution in [-0.2, 0) is 19.7 Å². The third-order valence-corrected chi connectivity index (χ3v) is 8.07. The van der Waals surface area contributed by atoms with Crippen molar-refractivity contribution in [3.05, 3.63) is 34.0 Å². The van der Waals surface area contributed by atoms with E-state index in [1.807, 2.05) is 14.1 Å². The summed E-state index contributed by atoms with van der Waals surface area (Å²) in [6, 6.07) is 2.38. The SMILES string of the molecule is Cc1csc(N(OC=O)S(=O)(=O)c2cc(Cl)c(N[C@H]3CCCC[C@@H]3N(C)C)cc2F)n1. The van der Waals surface area contributed by atoms with Crippen LogP contribution in [0.15, 0.2) is 22.4 Å². The summed E-state index contributed by atoms with van der Waals surface area (Å²) < 4.78 is 41.3.